The van der Waals surface area contributed by atoms with Crippen LogP contribution in [0.1, 0.15) is 66.6 Å². The van der Waals surface area contributed by atoms with Crippen molar-refractivity contribution < 1.29 is 9.53 Å². The molecule has 138 valence electrons. The summed E-state index contributed by atoms with van der Waals surface area (Å²) in [4.78, 5) is 12.8. The van der Waals surface area contributed by atoms with E-state index in [2.05, 4.69) is 63.3 Å². The van der Waals surface area contributed by atoms with Crippen LogP contribution in [0, 0.1) is 6.92 Å². The molecule has 2 heteroatoms. The molecule has 0 fully saturated rings. The second-order valence-electron chi connectivity index (χ2n) is 7.70. The minimum atomic E-state index is -0.335. The highest BCUT2D eigenvalue weighted by atomic mass is 16.5. The number of hydrogen-bond donors (Lipinski definition) is 0. The molecule has 0 N–H and O–H groups in total. The molecule has 0 spiro atoms. The number of benzene rings is 2. The van der Waals surface area contributed by atoms with Gasteiger partial charge in [-0.25, -0.2) is 0 Å². The lowest BCUT2D eigenvalue weighted by Gasteiger charge is -2.36. The molecule has 0 unspecified atom stereocenters. The van der Waals surface area contributed by atoms with Crippen molar-refractivity contribution in [1.82, 2.24) is 0 Å². The van der Waals surface area contributed by atoms with E-state index in [1.54, 1.807) is 0 Å². The third-order valence-corrected chi connectivity index (χ3v) is 6.01. The lowest BCUT2D eigenvalue weighted by Crippen LogP contribution is -2.40. The quantitative estimate of drug-likeness (QED) is 0.633. The zero-order chi connectivity index (χ0) is 19.0. The zero-order valence-electron chi connectivity index (χ0n) is 16.3. The molecule has 0 saturated heterocycles. The Labute approximate surface area is 161 Å². The minimum Gasteiger partial charge on any atom is -0.486 e. The average molecular weight is 358 g/mol. The predicted molar refractivity (Wildman–Crippen MR) is 111 cm³/mol. The molecule has 2 aliphatic rings. The van der Waals surface area contributed by atoms with Crippen LogP contribution in [0.2, 0.25) is 0 Å². The summed E-state index contributed by atoms with van der Waals surface area (Å²) in [5.41, 5.74) is 6.52. The molecule has 0 radical (unpaired) electrons. The minimum absolute atomic E-state index is 0.201. The molecule has 0 atom stereocenters. The first-order valence-corrected chi connectivity index (χ1v) is 9.88. The van der Waals surface area contributed by atoms with Crippen LogP contribution < -0.4 is 4.74 Å². The van der Waals surface area contributed by atoms with E-state index in [4.69, 9.17) is 4.74 Å². The lowest BCUT2D eigenvalue weighted by atomic mass is 9.85. The van der Waals surface area contributed by atoms with Gasteiger partial charge in [0.05, 0.1) is 12.0 Å². The summed E-state index contributed by atoms with van der Waals surface area (Å²) in [7, 11) is 0. The van der Waals surface area contributed by atoms with Crippen molar-refractivity contribution in [3.05, 3.63) is 76.9 Å². The van der Waals surface area contributed by atoms with E-state index >= 15 is 0 Å². The van der Waals surface area contributed by atoms with Crippen molar-refractivity contribution >= 4 is 16.9 Å². The first-order valence-electron chi connectivity index (χ1n) is 9.88. The first-order chi connectivity index (χ1) is 13.0. The van der Waals surface area contributed by atoms with Gasteiger partial charge in [-0.3, -0.25) is 4.79 Å². The van der Waals surface area contributed by atoms with Gasteiger partial charge in [-0.1, -0.05) is 61.9 Å². The van der Waals surface area contributed by atoms with E-state index in [-0.39, 0.29) is 11.4 Å². The van der Waals surface area contributed by atoms with Crippen molar-refractivity contribution in [2.75, 3.05) is 0 Å². The van der Waals surface area contributed by atoms with Crippen molar-refractivity contribution in [3.63, 3.8) is 0 Å². The van der Waals surface area contributed by atoms with Gasteiger partial charge in [-0.15, -0.1) is 0 Å². The number of carbonyl (C=O) groups excluding carboxylic acids is 1. The Morgan fingerprint density at radius 1 is 1.00 bits per heavy atom. The van der Waals surface area contributed by atoms with Gasteiger partial charge >= 0.3 is 0 Å². The summed E-state index contributed by atoms with van der Waals surface area (Å²) < 4.78 is 6.25. The molecule has 0 bridgehead atoms. The smallest absolute Gasteiger partial charge is 0.170 e. The molecule has 1 heterocycles. The fourth-order valence-corrected chi connectivity index (χ4v) is 4.01. The summed E-state index contributed by atoms with van der Waals surface area (Å²) in [6.45, 7) is 6.29. The van der Waals surface area contributed by atoms with Gasteiger partial charge in [0, 0.05) is 0 Å². The van der Waals surface area contributed by atoms with Crippen molar-refractivity contribution in [3.8, 4) is 5.75 Å². The highest BCUT2D eigenvalue weighted by molar-refractivity contribution is 6.01. The number of ether oxygens (including phenoxy) is 1. The summed E-state index contributed by atoms with van der Waals surface area (Å²) in [5.74, 6) is 0.941. The Hall–Kier alpha value is -2.61. The Balaban J connectivity index is 1.62. The summed E-state index contributed by atoms with van der Waals surface area (Å²) in [6, 6.07) is 14.7. The molecular formula is C25H26O2. The van der Waals surface area contributed by atoms with Gasteiger partial charge in [-0.2, -0.15) is 0 Å². The molecule has 27 heavy (non-hydrogen) atoms. The normalized spacial score (nSPS) is 17.8. The summed E-state index contributed by atoms with van der Waals surface area (Å²) >= 11 is 0. The molecule has 1 aliphatic heterocycles. The van der Waals surface area contributed by atoms with E-state index in [1.165, 1.54) is 22.3 Å². The molecule has 1 aliphatic carbocycles. The fraction of sp³-hybridized carbons (Fsp3) is 0.320. The van der Waals surface area contributed by atoms with Gasteiger partial charge in [0.15, 0.2) is 5.78 Å². The molecule has 4 rings (SSSR count). The number of hydrogen-bond acceptors (Lipinski definition) is 2. The number of fused-ring (bicyclic) bond motifs is 1. The van der Waals surface area contributed by atoms with E-state index in [1.807, 2.05) is 12.1 Å². The first kappa shape index (κ1) is 17.8. The van der Waals surface area contributed by atoms with Crippen LogP contribution in [0.3, 0.4) is 0 Å². The standard InChI is InChI=1S/C25H26O2/c1-4-25(5-2)16-23(26)22-15-21(12-13-24(22)27-25)20-11-10-19(14-20)18-8-6-17(3)7-9-18/h6-10,12-15H,4-5,11,16H2,1-3H3. The summed E-state index contributed by atoms with van der Waals surface area (Å²) in [6.07, 6.45) is 7.57. The predicted octanol–water partition coefficient (Wildman–Crippen LogP) is 6.39. The van der Waals surface area contributed by atoms with Crippen LogP contribution in [0.25, 0.3) is 11.1 Å². The number of ketones is 1. The van der Waals surface area contributed by atoms with E-state index in [0.717, 1.165) is 36.1 Å². The third-order valence-electron chi connectivity index (χ3n) is 6.01. The van der Waals surface area contributed by atoms with Crippen LogP contribution in [-0.4, -0.2) is 11.4 Å². The van der Waals surface area contributed by atoms with E-state index < -0.39 is 0 Å². The van der Waals surface area contributed by atoms with Crippen LogP contribution in [-0.2, 0) is 0 Å². The van der Waals surface area contributed by atoms with Crippen molar-refractivity contribution in [2.24, 2.45) is 0 Å². The number of carbonyl (C=O) groups is 1. The fourth-order valence-electron chi connectivity index (χ4n) is 4.01. The van der Waals surface area contributed by atoms with Crippen LogP contribution >= 0.6 is 0 Å². The topological polar surface area (TPSA) is 26.3 Å². The second kappa shape index (κ2) is 6.84. The molecule has 0 aromatic heterocycles. The van der Waals surface area contributed by atoms with E-state index in [9.17, 15) is 4.79 Å². The second-order valence-corrected chi connectivity index (χ2v) is 7.70. The highest BCUT2D eigenvalue weighted by Crippen LogP contribution is 2.40. The van der Waals surface area contributed by atoms with Crippen LogP contribution in [0.15, 0.2) is 54.6 Å². The maximum atomic E-state index is 12.8. The van der Waals surface area contributed by atoms with Crippen molar-refractivity contribution in [1.29, 1.82) is 0 Å². The molecule has 2 aromatic carbocycles. The molecule has 2 aromatic rings. The van der Waals surface area contributed by atoms with Gasteiger partial charge < -0.3 is 4.74 Å². The van der Waals surface area contributed by atoms with Gasteiger partial charge in [0.25, 0.3) is 0 Å². The van der Waals surface area contributed by atoms with Gasteiger partial charge in [0.1, 0.15) is 11.4 Å². The van der Waals surface area contributed by atoms with Gasteiger partial charge in [-0.05, 0) is 60.6 Å². The molecule has 2 nitrogen and oxygen atoms in total. The number of rotatable bonds is 4. The number of allylic oxidation sites excluding steroid dienone is 4. The third kappa shape index (κ3) is 3.25. The largest absolute Gasteiger partial charge is 0.486 e. The van der Waals surface area contributed by atoms with Crippen LogP contribution in [0.4, 0.5) is 0 Å². The van der Waals surface area contributed by atoms with Gasteiger partial charge in [0.2, 0.25) is 0 Å². The Bertz CT molecular complexity index is 941. The average Bonchev–Trinajstić information content (AvgIpc) is 3.18. The molecular weight excluding hydrogens is 332 g/mol. The SMILES string of the molecule is CCC1(CC)CC(=O)c2cc(C3=CC(c4ccc(C)cc4)=CC3)ccc2O1. The van der Waals surface area contributed by atoms with E-state index in [0.29, 0.717) is 6.42 Å². The Kier molecular flexibility index (Phi) is 4.51. The summed E-state index contributed by atoms with van der Waals surface area (Å²) in [5, 5.41) is 0. The lowest BCUT2D eigenvalue weighted by molar-refractivity contribution is 0.0350. The maximum absolute atomic E-state index is 12.8. The maximum Gasteiger partial charge on any atom is 0.170 e. The van der Waals surface area contributed by atoms with Crippen molar-refractivity contribution in [2.45, 2.75) is 52.1 Å². The number of aryl methyl sites for hydroxylation is 1. The highest BCUT2D eigenvalue weighted by Gasteiger charge is 2.37. The Morgan fingerprint density at radius 2 is 1.70 bits per heavy atom. The Morgan fingerprint density at radius 3 is 2.41 bits per heavy atom. The zero-order valence-corrected chi connectivity index (χ0v) is 16.3. The van der Waals surface area contributed by atoms with Crippen LogP contribution in [0.5, 0.6) is 5.75 Å². The molecule has 0 amide bonds. The number of Topliss-reactive ketones (excluding diaryl/α,β-unsaturated/α-hetero) is 1. The monoisotopic (exact) mass is 358 g/mol. The molecule has 0 saturated carbocycles.